The van der Waals surface area contributed by atoms with Crippen molar-refractivity contribution in [3.63, 3.8) is 0 Å². The van der Waals surface area contributed by atoms with Gasteiger partial charge in [-0.15, -0.1) is 11.3 Å². The number of hydrogen-bond donors (Lipinski definition) is 1. The van der Waals surface area contributed by atoms with E-state index in [1.807, 2.05) is 31.3 Å². The standard InChI is InChI=1S/C17H23NOS/c1-11(2)19-15-6-7-16(13(4)10-15)18-14(5)17-12(3)8-9-20-17/h6-11,14,18H,1-5H3. The molecule has 1 unspecified atom stereocenters. The Kier molecular flexibility index (Phi) is 4.71. The first-order chi connectivity index (χ1) is 9.47. The molecule has 0 saturated heterocycles. The van der Waals surface area contributed by atoms with E-state index in [1.165, 1.54) is 21.7 Å². The molecular weight excluding hydrogens is 266 g/mol. The molecule has 0 fully saturated rings. The molecule has 1 atom stereocenters. The summed E-state index contributed by atoms with van der Waals surface area (Å²) in [5.41, 5.74) is 3.73. The molecule has 2 aromatic rings. The van der Waals surface area contributed by atoms with Crippen LogP contribution in [0.15, 0.2) is 29.6 Å². The van der Waals surface area contributed by atoms with Gasteiger partial charge in [0.15, 0.2) is 0 Å². The van der Waals surface area contributed by atoms with Crippen molar-refractivity contribution in [2.24, 2.45) is 0 Å². The first kappa shape index (κ1) is 14.9. The summed E-state index contributed by atoms with van der Waals surface area (Å²) in [5, 5.41) is 5.74. The fourth-order valence-corrected chi connectivity index (χ4v) is 3.21. The molecule has 0 amide bonds. The second-order valence-corrected chi connectivity index (χ2v) is 6.42. The number of ether oxygens (including phenoxy) is 1. The number of rotatable bonds is 5. The van der Waals surface area contributed by atoms with E-state index in [0.717, 1.165) is 5.75 Å². The predicted molar refractivity (Wildman–Crippen MR) is 88.0 cm³/mol. The third kappa shape index (κ3) is 3.54. The molecule has 3 heteroatoms. The lowest BCUT2D eigenvalue weighted by Crippen LogP contribution is -2.08. The molecule has 0 aliphatic heterocycles. The van der Waals surface area contributed by atoms with Crippen LogP contribution in [-0.2, 0) is 0 Å². The van der Waals surface area contributed by atoms with E-state index < -0.39 is 0 Å². The minimum Gasteiger partial charge on any atom is -0.491 e. The average Bonchev–Trinajstić information content (AvgIpc) is 2.78. The van der Waals surface area contributed by atoms with E-state index in [2.05, 4.69) is 49.7 Å². The molecule has 0 spiro atoms. The second-order valence-electron chi connectivity index (χ2n) is 5.48. The van der Waals surface area contributed by atoms with Crippen molar-refractivity contribution in [3.05, 3.63) is 45.6 Å². The lowest BCUT2D eigenvalue weighted by molar-refractivity contribution is 0.242. The lowest BCUT2D eigenvalue weighted by Gasteiger charge is -2.18. The molecule has 1 aromatic heterocycles. The summed E-state index contributed by atoms with van der Waals surface area (Å²) in [6.45, 7) is 10.6. The Morgan fingerprint density at radius 3 is 2.35 bits per heavy atom. The summed E-state index contributed by atoms with van der Waals surface area (Å²) in [6.07, 6.45) is 0.209. The topological polar surface area (TPSA) is 21.3 Å². The Morgan fingerprint density at radius 2 is 1.80 bits per heavy atom. The summed E-state index contributed by atoms with van der Waals surface area (Å²) >= 11 is 1.81. The first-order valence-electron chi connectivity index (χ1n) is 7.05. The molecule has 2 rings (SSSR count). The summed E-state index contributed by atoms with van der Waals surface area (Å²) in [7, 11) is 0. The zero-order chi connectivity index (χ0) is 14.7. The lowest BCUT2D eigenvalue weighted by atomic mass is 10.1. The van der Waals surface area contributed by atoms with Crippen molar-refractivity contribution >= 4 is 17.0 Å². The zero-order valence-electron chi connectivity index (χ0n) is 12.9. The van der Waals surface area contributed by atoms with Crippen LogP contribution in [-0.4, -0.2) is 6.10 Å². The van der Waals surface area contributed by atoms with Crippen molar-refractivity contribution in [2.75, 3.05) is 5.32 Å². The van der Waals surface area contributed by atoms with Crippen molar-refractivity contribution in [1.29, 1.82) is 0 Å². The van der Waals surface area contributed by atoms with E-state index >= 15 is 0 Å². The van der Waals surface area contributed by atoms with Crippen LogP contribution < -0.4 is 10.1 Å². The summed E-state index contributed by atoms with van der Waals surface area (Å²) in [5.74, 6) is 0.933. The normalized spacial score (nSPS) is 12.5. The molecule has 0 aliphatic carbocycles. The van der Waals surface area contributed by atoms with Crippen molar-refractivity contribution in [2.45, 2.75) is 46.8 Å². The fraction of sp³-hybridized carbons (Fsp3) is 0.412. The van der Waals surface area contributed by atoms with Gasteiger partial charge in [0.2, 0.25) is 0 Å². The van der Waals surface area contributed by atoms with Crippen LogP contribution in [0.4, 0.5) is 5.69 Å². The van der Waals surface area contributed by atoms with Gasteiger partial charge < -0.3 is 10.1 Å². The van der Waals surface area contributed by atoms with E-state index in [9.17, 15) is 0 Å². The summed E-state index contributed by atoms with van der Waals surface area (Å²) < 4.78 is 5.72. The minimum atomic E-state index is 0.209. The van der Waals surface area contributed by atoms with Gasteiger partial charge >= 0.3 is 0 Å². The summed E-state index contributed by atoms with van der Waals surface area (Å²) in [6, 6.07) is 8.72. The van der Waals surface area contributed by atoms with Crippen LogP contribution in [0.3, 0.4) is 0 Å². The van der Waals surface area contributed by atoms with Crippen LogP contribution in [0.1, 0.15) is 42.8 Å². The van der Waals surface area contributed by atoms with Gasteiger partial charge in [-0.05, 0) is 75.4 Å². The Morgan fingerprint density at radius 1 is 1.05 bits per heavy atom. The first-order valence-corrected chi connectivity index (χ1v) is 7.93. The van der Waals surface area contributed by atoms with Crippen LogP contribution in [0.5, 0.6) is 5.75 Å². The van der Waals surface area contributed by atoms with Gasteiger partial charge in [0, 0.05) is 10.6 Å². The Bertz CT molecular complexity index is 574. The smallest absolute Gasteiger partial charge is 0.120 e. The molecule has 1 heterocycles. The number of anilines is 1. The molecule has 108 valence electrons. The highest BCUT2D eigenvalue weighted by Crippen LogP contribution is 2.29. The number of nitrogens with one attached hydrogen (secondary N) is 1. The maximum Gasteiger partial charge on any atom is 0.120 e. The quantitative estimate of drug-likeness (QED) is 0.803. The van der Waals surface area contributed by atoms with Gasteiger partial charge in [-0.25, -0.2) is 0 Å². The van der Waals surface area contributed by atoms with E-state index in [0.29, 0.717) is 6.04 Å². The minimum absolute atomic E-state index is 0.209. The Balaban J connectivity index is 2.12. The fourth-order valence-electron chi connectivity index (χ4n) is 2.27. The molecule has 0 saturated carbocycles. The third-order valence-electron chi connectivity index (χ3n) is 3.24. The predicted octanol–water partition coefficient (Wildman–Crippen LogP) is 5.33. The van der Waals surface area contributed by atoms with Gasteiger partial charge in [-0.1, -0.05) is 0 Å². The molecule has 0 aliphatic rings. The summed E-state index contributed by atoms with van der Waals surface area (Å²) in [4.78, 5) is 1.40. The van der Waals surface area contributed by atoms with Gasteiger partial charge in [0.25, 0.3) is 0 Å². The number of benzene rings is 1. The van der Waals surface area contributed by atoms with E-state index in [-0.39, 0.29) is 6.10 Å². The molecule has 1 N–H and O–H groups in total. The van der Waals surface area contributed by atoms with Crippen LogP contribution in [0, 0.1) is 13.8 Å². The largest absolute Gasteiger partial charge is 0.491 e. The maximum absolute atomic E-state index is 5.72. The van der Waals surface area contributed by atoms with E-state index in [4.69, 9.17) is 4.74 Å². The van der Waals surface area contributed by atoms with Crippen LogP contribution in [0.2, 0.25) is 0 Å². The monoisotopic (exact) mass is 289 g/mol. The SMILES string of the molecule is Cc1cc(OC(C)C)ccc1NC(C)c1sccc1C. The van der Waals surface area contributed by atoms with Gasteiger partial charge in [0.1, 0.15) is 5.75 Å². The molecule has 20 heavy (non-hydrogen) atoms. The number of hydrogen-bond acceptors (Lipinski definition) is 3. The van der Waals surface area contributed by atoms with Crippen LogP contribution in [0.25, 0.3) is 0 Å². The molecule has 2 nitrogen and oxygen atoms in total. The van der Waals surface area contributed by atoms with Crippen molar-refractivity contribution in [1.82, 2.24) is 0 Å². The highest BCUT2D eigenvalue weighted by molar-refractivity contribution is 7.10. The number of thiophene rings is 1. The van der Waals surface area contributed by atoms with E-state index in [1.54, 1.807) is 0 Å². The zero-order valence-corrected chi connectivity index (χ0v) is 13.7. The van der Waals surface area contributed by atoms with Gasteiger partial charge in [-0.3, -0.25) is 0 Å². The molecule has 1 aromatic carbocycles. The second kappa shape index (κ2) is 6.31. The average molecular weight is 289 g/mol. The highest BCUT2D eigenvalue weighted by atomic mass is 32.1. The molecule has 0 radical (unpaired) electrons. The Hall–Kier alpha value is -1.48. The van der Waals surface area contributed by atoms with Crippen LogP contribution >= 0.6 is 11.3 Å². The molecule has 0 bridgehead atoms. The van der Waals surface area contributed by atoms with Gasteiger partial charge in [-0.2, -0.15) is 0 Å². The van der Waals surface area contributed by atoms with Crippen molar-refractivity contribution in [3.8, 4) is 5.75 Å². The van der Waals surface area contributed by atoms with Crippen molar-refractivity contribution < 1.29 is 4.74 Å². The van der Waals surface area contributed by atoms with Gasteiger partial charge in [0.05, 0.1) is 12.1 Å². The highest BCUT2D eigenvalue weighted by Gasteiger charge is 2.11. The number of aryl methyl sites for hydroxylation is 2. The third-order valence-corrected chi connectivity index (χ3v) is 4.44. The maximum atomic E-state index is 5.72. The molecular formula is C17H23NOS. The Labute approximate surface area is 125 Å².